The maximum atomic E-state index is 11.9. The van der Waals surface area contributed by atoms with Crippen molar-refractivity contribution in [3.8, 4) is 0 Å². The lowest BCUT2D eigenvalue weighted by Gasteiger charge is -2.08. The number of hydrogen-bond acceptors (Lipinski definition) is 3. The molecule has 3 rings (SSSR count). The average molecular weight is 264 g/mol. The second-order valence-corrected chi connectivity index (χ2v) is 4.34. The molecule has 0 aromatic heterocycles. The van der Waals surface area contributed by atoms with Crippen LogP contribution in [0.1, 0.15) is 11.1 Å². The van der Waals surface area contributed by atoms with Gasteiger partial charge in [0.25, 0.3) is 5.91 Å². The van der Waals surface area contributed by atoms with Crippen molar-refractivity contribution in [3.05, 3.63) is 77.7 Å². The molecule has 4 heteroatoms. The van der Waals surface area contributed by atoms with Gasteiger partial charge in [-0.15, -0.1) is 0 Å². The van der Waals surface area contributed by atoms with Gasteiger partial charge >= 0.3 is 0 Å². The number of rotatable bonds is 1. The van der Waals surface area contributed by atoms with Crippen molar-refractivity contribution in [3.63, 3.8) is 0 Å². The molecule has 1 aliphatic heterocycles. The Labute approximate surface area is 116 Å². The molecule has 2 N–H and O–H groups in total. The van der Waals surface area contributed by atoms with Gasteiger partial charge in [0.2, 0.25) is 0 Å². The molecule has 0 radical (unpaired) electrons. The van der Waals surface area contributed by atoms with Gasteiger partial charge in [0, 0.05) is 11.1 Å². The van der Waals surface area contributed by atoms with E-state index in [0.717, 1.165) is 17.4 Å². The molecule has 20 heavy (non-hydrogen) atoms. The predicted molar refractivity (Wildman–Crippen MR) is 77.9 cm³/mol. The molecular weight excluding hydrogens is 252 g/mol. The van der Waals surface area contributed by atoms with Crippen molar-refractivity contribution < 1.29 is 9.90 Å². The zero-order valence-electron chi connectivity index (χ0n) is 10.6. The molecule has 1 aliphatic rings. The molecule has 0 bridgehead atoms. The van der Waals surface area contributed by atoms with Crippen molar-refractivity contribution in [1.82, 2.24) is 0 Å². The highest BCUT2D eigenvalue weighted by Crippen LogP contribution is 2.24. The summed E-state index contributed by atoms with van der Waals surface area (Å²) in [5.41, 5.74) is 3.02. The molecule has 0 unspecified atom stereocenters. The number of aliphatic hydroxyl groups excluding tert-OH is 1. The molecule has 1 heterocycles. The molecule has 0 aliphatic carbocycles. The number of carbonyl (C=O) groups excluding carboxylic acids is 1. The minimum Gasteiger partial charge on any atom is -0.513 e. The van der Waals surface area contributed by atoms with Crippen molar-refractivity contribution >= 4 is 17.3 Å². The topological polar surface area (TPSA) is 61.7 Å². The van der Waals surface area contributed by atoms with Gasteiger partial charge < -0.3 is 10.4 Å². The predicted octanol–water partition coefficient (Wildman–Crippen LogP) is 2.88. The van der Waals surface area contributed by atoms with E-state index in [2.05, 4.69) is 10.3 Å². The SMILES string of the molecule is O=C1Nc2ccccc2C(c2ccccc2)=N/C1=C/O. The summed E-state index contributed by atoms with van der Waals surface area (Å²) in [7, 11) is 0. The second-order valence-electron chi connectivity index (χ2n) is 4.34. The van der Waals surface area contributed by atoms with Crippen LogP contribution in [0.4, 0.5) is 5.69 Å². The molecule has 0 saturated heterocycles. The van der Waals surface area contributed by atoms with E-state index in [1.54, 1.807) is 0 Å². The molecule has 0 saturated carbocycles. The number of aliphatic imine (C=N–C) groups is 1. The van der Waals surface area contributed by atoms with Crippen LogP contribution >= 0.6 is 0 Å². The summed E-state index contributed by atoms with van der Waals surface area (Å²) in [6, 6.07) is 17.0. The van der Waals surface area contributed by atoms with E-state index < -0.39 is 5.91 Å². The van der Waals surface area contributed by atoms with E-state index in [1.165, 1.54) is 0 Å². The Morgan fingerprint density at radius 3 is 2.45 bits per heavy atom. The van der Waals surface area contributed by atoms with Gasteiger partial charge in [0.15, 0.2) is 5.70 Å². The molecule has 4 nitrogen and oxygen atoms in total. The van der Waals surface area contributed by atoms with Gasteiger partial charge in [-0.3, -0.25) is 4.79 Å². The summed E-state index contributed by atoms with van der Waals surface area (Å²) >= 11 is 0. The van der Waals surface area contributed by atoms with Crippen LogP contribution < -0.4 is 5.32 Å². The largest absolute Gasteiger partial charge is 0.513 e. The average Bonchev–Trinajstić information content (AvgIpc) is 2.64. The van der Waals surface area contributed by atoms with Crippen LogP contribution in [-0.2, 0) is 4.79 Å². The monoisotopic (exact) mass is 264 g/mol. The first-order chi connectivity index (χ1) is 9.79. The molecule has 0 fully saturated rings. The third-order valence-electron chi connectivity index (χ3n) is 3.06. The van der Waals surface area contributed by atoms with Crippen LogP contribution in [0.25, 0.3) is 0 Å². The number of anilines is 1. The Morgan fingerprint density at radius 2 is 1.70 bits per heavy atom. The highest BCUT2D eigenvalue weighted by atomic mass is 16.2. The van der Waals surface area contributed by atoms with E-state index in [4.69, 9.17) is 0 Å². The number of amides is 1. The summed E-state index contributed by atoms with van der Waals surface area (Å²) in [4.78, 5) is 16.2. The summed E-state index contributed by atoms with van der Waals surface area (Å²) in [6.07, 6.45) is 0.726. The normalized spacial score (nSPS) is 16.1. The van der Waals surface area contributed by atoms with Crippen molar-refractivity contribution in [1.29, 1.82) is 0 Å². The lowest BCUT2D eigenvalue weighted by molar-refractivity contribution is -0.112. The van der Waals surface area contributed by atoms with Gasteiger partial charge in [-0.1, -0.05) is 48.5 Å². The smallest absolute Gasteiger partial charge is 0.277 e. The van der Waals surface area contributed by atoms with E-state index in [0.29, 0.717) is 11.4 Å². The molecule has 0 spiro atoms. The maximum absolute atomic E-state index is 11.9. The first-order valence-corrected chi connectivity index (χ1v) is 6.19. The molecule has 1 amide bonds. The molecule has 0 atom stereocenters. The number of fused-ring (bicyclic) bond motifs is 1. The second kappa shape index (κ2) is 5.01. The molecule has 98 valence electrons. The number of benzene rings is 2. The Morgan fingerprint density at radius 1 is 1.00 bits per heavy atom. The number of aliphatic hydroxyl groups is 1. The van der Waals surface area contributed by atoms with Gasteiger partial charge in [-0.25, -0.2) is 4.99 Å². The fourth-order valence-electron chi connectivity index (χ4n) is 2.12. The summed E-state index contributed by atoms with van der Waals surface area (Å²) in [6.45, 7) is 0. The van der Waals surface area contributed by atoms with Crippen LogP contribution in [0.2, 0.25) is 0 Å². The number of carbonyl (C=O) groups is 1. The number of nitrogens with one attached hydrogen (secondary N) is 1. The van der Waals surface area contributed by atoms with E-state index in [1.807, 2.05) is 54.6 Å². The summed E-state index contributed by atoms with van der Waals surface area (Å²) in [5, 5.41) is 11.9. The Bertz CT molecular complexity index is 718. The third-order valence-corrected chi connectivity index (χ3v) is 3.06. The van der Waals surface area contributed by atoms with Crippen molar-refractivity contribution in [2.75, 3.05) is 5.32 Å². The molecule has 2 aromatic rings. The standard InChI is InChI=1S/C16H12N2O2/c19-10-14-16(20)18-13-9-5-4-8-12(13)15(17-14)11-6-2-1-3-7-11/h1-10,19H,(H,18,20)/b14-10+. The zero-order chi connectivity index (χ0) is 13.9. The van der Waals surface area contributed by atoms with E-state index >= 15 is 0 Å². The zero-order valence-corrected chi connectivity index (χ0v) is 10.6. The quantitative estimate of drug-likeness (QED) is 0.614. The van der Waals surface area contributed by atoms with Gasteiger partial charge in [0.1, 0.15) is 6.26 Å². The lowest BCUT2D eigenvalue weighted by Crippen LogP contribution is -2.12. The van der Waals surface area contributed by atoms with Gasteiger partial charge in [0.05, 0.1) is 11.4 Å². The van der Waals surface area contributed by atoms with Crippen molar-refractivity contribution in [2.24, 2.45) is 4.99 Å². The summed E-state index contributed by atoms with van der Waals surface area (Å²) in [5.74, 6) is -0.425. The van der Waals surface area contributed by atoms with Gasteiger partial charge in [-0.05, 0) is 6.07 Å². The first kappa shape index (κ1) is 12.2. The van der Waals surface area contributed by atoms with Crippen LogP contribution in [0.15, 0.2) is 71.5 Å². The maximum Gasteiger partial charge on any atom is 0.277 e. The van der Waals surface area contributed by atoms with Crippen LogP contribution in [0.5, 0.6) is 0 Å². The van der Waals surface area contributed by atoms with E-state index in [-0.39, 0.29) is 5.70 Å². The fraction of sp³-hybridized carbons (Fsp3) is 0. The van der Waals surface area contributed by atoms with Crippen LogP contribution in [-0.4, -0.2) is 16.7 Å². The fourth-order valence-corrected chi connectivity index (χ4v) is 2.12. The first-order valence-electron chi connectivity index (χ1n) is 6.19. The highest BCUT2D eigenvalue weighted by molar-refractivity contribution is 6.21. The Hall–Kier alpha value is -2.88. The number of hydrogen-bond donors (Lipinski definition) is 2. The highest BCUT2D eigenvalue weighted by Gasteiger charge is 2.20. The number of benzodiazepines with no additional fused rings is 1. The van der Waals surface area contributed by atoms with Crippen LogP contribution in [0.3, 0.4) is 0 Å². The van der Waals surface area contributed by atoms with E-state index in [9.17, 15) is 9.90 Å². The van der Waals surface area contributed by atoms with Crippen molar-refractivity contribution in [2.45, 2.75) is 0 Å². The Kier molecular flexibility index (Phi) is 3.05. The number of nitrogens with zero attached hydrogens (tertiary/aromatic N) is 1. The minimum absolute atomic E-state index is 0.0138. The van der Waals surface area contributed by atoms with Gasteiger partial charge in [-0.2, -0.15) is 0 Å². The Balaban J connectivity index is 2.25. The molecular formula is C16H12N2O2. The third kappa shape index (κ3) is 2.07. The summed E-state index contributed by atoms with van der Waals surface area (Å²) < 4.78 is 0. The van der Waals surface area contributed by atoms with Crippen LogP contribution in [0, 0.1) is 0 Å². The number of para-hydroxylation sites is 1. The lowest BCUT2D eigenvalue weighted by atomic mass is 10.0. The minimum atomic E-state index is -0.425. The molecule has 2 aromatic carbocycles.